The maximum atomic E-state index is 8.78. The van der Waals surface area contributed by atoms with Crippen LogP contribution in [-0.2, 0) is 4.74 Å². The summed E-state index contributed by atoms with van der Waals surface area (Å²) in [5.41, 5.74) is 1.18. The lowest BCUT2D eigenvalue weighted by Crippen LogP contribution is -2.13. The molecule has 0 aromatic carbocycles. The van der Waals surface area contributed by atoms with E-state index in [-0.39, 0.29) is 6.10 Å². The van der Waals surface area contributed by atoms with E-state index in [1.807, 2.05) is 26.0 Å². The van der Waals surface area contributed by atoms with Crippen LogP contribution in [0.4, 0.5) is 5.69 Å². The van der Waals surface area contributed by atoms with Crippen LogP contribution in [0.25, 0.3) is 0 Å². The summed E-state index contributed by atoms with van der Waals surface area (Å²) in [6.45, 7) is 5.28. The first-order chi connectivity index (χ1) is 7.24. The van der Waals surface area contributed by atoms with Gasteiger partial charge in [-0.3, -0.25) is 0 Å². The summed E-state index contributed by atoms with van der Waals surface area (Å²) in [6.07, 6.45) is 1.84. The van der Waals surface area contributed by atoms with E-state index in [0.717, 1.165) is 5.69 Å². The fourth-order valence-electron chi connectivity index (χ4n) is 1.12. The lowest BCUT2D eigenvalue weighted by molar-refractivity contribution is 0.0870. The van der Waals surface area contributed by atoms with Gasteiger partial charge in [-0.1, -0.05) is 0 Å². The minimum atomic E-state index is 0.233. The van der Waals surface area contributed by atoms with Gasteiger partial charge in [-0.2, -0.15) is 5.26 Å². The molecule has 0 spiro atoms. The van der Waals surface area contributed by atoms with Gasteiger partial charge in [0.1, 0.15) is 6.07 Å². The molecule has 0 aliphatic rings. The number of pyridine rings is 1. The number of anilines is 1. The molecule has 0 atom stereocenters. The highest BCUT2D eigenvalue weighted by Crippen LogP contribution is 2.09. The van der Waals surface area contributed by atoms with Crippen molar-refractivity contribution in [3.05, 3.63) is 24.0 Å². The number of hydrogen-bond acceptors (Lipinski definition) is 4. The van der Waals surface area contributed by atoms with E-state index >= 15 is 0 Å². The monoisotopic (exact) mass is 205 g/mol. The Kier molecular flexibility index (Phi) is 4.58. The Morgan fingerprint density at radius 2 is 2.40 bits per heavy atom. The predicted molar refractivity (Wildman–Crippen MR) is 58.5 cm³/mol. The number of nitrogens with one attached hydrogen (secondary N) is 1. The second-order valence-corrected chi connectivity index (χ2v) is 3.36. The van der Waals surface area contributed by atoms with Crippen LogP contribution in [0, 0.1) is 11.3 Å². The average molecular weight is 205 g/mol. The quantitative estimate of drug-likeness (QED) is 0.744. The molecule has 1 rings (SSSR count). The molecule has 80 valence electrons. The van der Waals surface area contributed by atoms with Crippen LogP contribution in [0.1, 0.15) is 19.5 Å². The van der Waals surface area contributed by atoms with Gasteiger partial charge in [0.25, 0.3) is 0 Å². The first-order valence-electron chi connectivity index (χ1n) is 4.94. The predicted octanol–water partition coefficient (Wildman–Crippen LogP) is 1.79. The number of ether oxygens (including phenoxy) is 1. The van der Waals surface area contributed by atoms with Crippen molar-refractivity contribution in [2.45, 2.75) is 20.0 Å². The molecular formula is C11H15N3O. The molecule has 0 aliphatic carbocycles. The van der Waals surface area contributed by atoms with Crippen molar-refractivity contribution in [3.8, 4) is 6.07 Å². The maximum Gasteiger partial charge on any atom is 0.163 e. The van der Waals surface area contributed by atoms with E-state index in [1.54, 1.807) is 12.3 Å². The molecular weight excluding hydrogens is 190 g/mol. The average Bonchev–Trinajstić information content (AvgIpc) is 2.24. The van der Waals surface area contributed by atoms with Crippen LogP contribution in [0.2, 0.25) is 0 Å². The standard InChI is InChI=1S/C11H15N3O/c1-9(2)15-7-6-14-10-4-3-5-13-11(10)8-12/h3-5,9,14H,6-7H2,1-2H3. The fourth-order valence-corrected chi connectivity index (χ4v) is 1.12. The molecule has 1 aromatic heterocycles. The highest BCUT2D eigenvalue weighted by atomic mass is 16.5. The Hall–Kier alpha value is -1.60. The Bertz CT molecular complexity index is 344. The van der Waals surface area contributed by atoms with Crippen molar-refractivity contribution < 1.29 is 4.74 Å². The molecule has 0 amide bonds. The van der Waals surface area contributed by atoms with Crippen LogP contribution >= 0.6 is 0 Å². The minimum Gasteiger partial charge on any atom is -0.380 e. The molecule has 0 aliphatic heterocycles. The largest absolute Gasteiger partial charge is 0.380 e. The molecule has 1 N–H and O–H groups in total. The van der Waals surface area contributed by atoms with E-state index in [4.69, 9.17) is 10.00 Å². The molecule has 0 saturated heterocycles. The van der Waals surface area contributed by atoms with Crippen LogP contribution in [0.5, 0.6) is 0 Å². The van der Waals surface area contributed by atoms with E-state index in [1.165, 1.54) is 0 Å². The third kappa shape index (κ3) is 3.96. The van der Waals surface area contributed by atoms with Crippen molar-refractivity contribution in [1.82, 2.24) is 4.98 Å². The van der Waals surface area contributed by atoms with Gasteiger partial charge in [-0.15, -0.1) is 0 Å². The number of nitriles is 1. The smallest absolute Gasteiger partial charge is 0.163 e. The first-order valence-corrected chi connectivity index (χ1v) is 4.94. The van der Waals surface area contributed by atoms with E-state index in [2.05, 4.69) is 10.3 Å². The van der Waals surface area contributed by atoms with Gasteiger partial charge in [0, 0.05) is 12.7 Å². The zero-order valence-electron chi connectivity index (χ0n) is 9.03. The summed E-state index contributed by atoms with van der Waals surface area (Å²) in [4.78, 5) is 3.95. The summed E-state index contributed by atoms with van der Waals surface area (Å²) >= 11 is 0. The maximum absolute atomic E-state index is 8.78. The van der Waals surface area contributed by atoms with Gasteiger partial charge in [-0.05, 0) is 26.0 Å². The normalized spacial score (nSPS) is 10.0. The highest BCUT2D eigenvalue weighted by molar-refractivity contribution is 5.53. The van der Waals surface area contributed by atoms with Crippen molar-refractivity contribution >= 4 is 5.69 Å². The summed E-state index contributed by atoms with van der Waals surface area (Å²) in [6, 6.07) is 5.66. The summed E-state index contributed by atoms with van der Waals surface area (Å²) in [5, 5.41) is 11.9. The van der Waals surface area contributed by atoms with Crippen molar-refractivity contribution in [3.63, 3.8) is 0 Å². The molecule has 15 heavy (non-hydrogen) atoms. The Morgan fingerprint density at radius 3 is 3.07 bits per heavy atom. The van der Waals surface area contributed by atoms with Gasteiger partial charge in [0.2, 0.25) is 0 Å². The zero-order valence-corrected chi connectivity index (χ0v) is 9.03. The van der Waals surface area contributed by atoms with Gasteiger partial charge in [-0.25, -0.2) is 4.98 Å². The van der Waals surface area contributed by atoms with Crippen LogP contribution in [-0.4, -0.2) is 24.2 Å². The van der Waals surface area contributed by atoms with E-state index in [0.29, 0.717) is 18.8 Å². The second kappa shape index (κ2) is 5.99. The summed E-state index contributed by atoms with van der Waals surface area (Å²) in [7, 11) is 0. The summed E-state index contributed by atoms with van der Waals surface area (Å²) in [5.74, 6) is 0. The third-order valence-electron chi connectivity index (χ3n) is 1.78. The van der Waals surface area contributed by atoms with Crippen LogP contribution < -0.4 is 5.32 Å². The number of nitrogens with zero attached hydrogens (tertiary/aromatic N) is 2. The fraction of sp³-hybridized carbons (Fsp3) is 0.455. The highest BCUT2D eigenvalue weighted by Gasteiger charge is 2.00. The second-order valence-electron chi connectivity index (χ2n) is 3.36. The SMILES string of the molecule is CC(C)OCCNc1cccnc1C#N. The van der Waals surface area contributed by atoms with Crippen LogP contribution in [0.3, 0.4) is 0 Å². The molecule has 0 fully saturated rings. The number of hydrogen-bond donors (Lipinski definition) is 1. The molecule has 4 nitrogen and oxygen atoms in total. The summed E-state index contributed by atoms with van der Waals surface area (Å²) < 4.78 is 5.37. The van der Waals surface area contributed by atoms with Crippen molar-refractivity contribution in [2.75, 3.05) is 18.5 Å². The van der Waals surface area contributed by atoms with Gasteiger partial charge >= 0.3 is 0 Å². The molecule has 0 radical (unpaired) electrons. The molecule has 0 unspecified atom stereocenters. The van der Waals surface area contributed by atoms with Crippen LogP contribution in [0.15, 0.2) is 18.3 Å². The molecule has 0 bridgehead atoms. The lowest BCUT2D eigenvalue weighted by Gasteiger charge is -2.09. The Morgan fingerprint density at radius 1 is 1.60 bits per heavy atom. The topological polar surface area (TPSA) is 57.9 Å². The number of rotatable bonds is 5. The molecule has 1 heterocycles. The number of aromatic nitrogens is 1. The van der Waals surface area contributed by atoms with Crippen molar-refractivity contribution in [1.29, 1.82) is 5.26 Å². The molecule has 4 heteroatoms. The molecule has 1 aromatic rings. The van der Waals surface area contributed by atoms with E-state index < -0.39 is 0 Å². The Labute approximate surface area is 89.9 Å². The molecule has 0 saturated carbocycles. The van der Waals surface area contributed by atoms with Gasteiger partial charge in [0.15, 0.2) is 5.69 Å². The first kappa shape index (κ1) is 11.5. The van der Waals surface area contributed by atoms with Gasteiger partial charge in [0.05, 0.1) is 18.4 Å². The van der Waals surface area contributed by atoms with E-state index in [9.17, 15) is 0 Å². The van der Waals surface area contributed by atoms with Gasteiger partial charge < -0.3 is 10.1 Å². The minimum absolute atomic E-state index is 0.233. The third-order valence-corrected chi connectivity index (χ3v) is 1.78. The zero-order chi connectivity index (χ0) is 11.1. The van der Waals surface area contributed by atoms with Crippen molar-refractivity contribution in [2.24, 2.45) is 0 Å². The lowest BCUT2D eigenvalue weighted by atomic mass is 10.3. The Balaban J connectivity index is 2.41.